The summed E-state index contributed by atoms with van der Waals surface area (Å²) in [5.41, 5.74) is 0.512. The number of hydrogen-bond donors (Lipinski definition) is 1. The van der Waals surface area contributed by atoms with E-state index in [1.807, 2.05) is 31.2 Å². The zero-order chi connectivity index (χ0) is 23.0. The second-order valence-electron chi connectivity index (χ2n) is 6.91. The number of aromatic nitrogens is 2. The van der Waals surface area contributed by atoms with Crippen LogP contribution < -0.4 is 19.5 Å². The van der Waals surface area contributed by atoms with Crippen molar-refractivity contribution in [3.8, 4) is 17.2 Å². The summed E-state index contributed by atoms with van der Waals surface area (Å²) >= 11 is 5.94. The molecule has 0 saturated carbocycles. The fraction of sp³-hybridized carbons (Fsp3) is 0.167. The standard InChI is InChI=1S/C24H22ClN3O5/c1-2-30-19-6-8-20(9-7-19)31-15-22-10-11-23(33-22)24(29)27-18-13-26-28(14-18)16-32-21-5-3-4-17(25)12-21/h3-14H,2,15-16H2,1H3,(H,27,29). The highest BCUT2D eigenvalue weighted by Crippen LogP contribution is 2.20. The molecule has 4 rings (SSSR count). The van der Waals surface area contributed by atoms with Crippen molar-refractivity contribution in [2.45, 2.75) is 20.3 Å². The van der Waals surface area contributed by atoms with Crippen molar-refractivity contribution in [3.63, 3.8) is 0 Å². The molecule has 0 radical (unpaired) electrons. The first-order chi connectivity index (χ1) is 16.1. The lowest BCUT2D eigenvalue weighted by Crippen LogP contribution is -2.10. The number of anilines is 1. The zero-order valence-electron chi connectivity index (χ0n) is 17.9. The van der Waals surface area contributed by atoms with Crippen LogP contribution in [0.25, 0.3) is 0 Å². The number of hydrogen-bond acceptors (Lipinski definition) is 6. The molecular weight excluding hydrogens is 446 g/mol. The largest absolute Gasteiger partial charge is 0.494 e. The molecule has 0 saturated heterocycles. The van der Waals surface area contributed by atoms with Crippen LogP contribution in [-0.2, 0) is 13.3 Å². The van der Waals surface area contributed by atoms with Crippen LogP contribution in [0.1, 0.15) is 23.2 Å². The molecule has 0 spiro atoms. The Hall–Kier alpha value is -3.91. The molecule has 33 heavy (non-hydrogen) atoms. The number of ether oxygens (including phenoxy) is 3. The minimum absolute atomic E-state index is 0.170. The van der Waals surface area contributed by atoms with Crippen molar-refractivity contribution in [2.24, 2.45) is 0 Å². The molecule has 2 heterocycles. The summed E-state index contributed by atoms with van der Waals surface area (Å²) in [5, 5.41) is 7.50. The van der Waals surface area contributed by atoms with Crippen LogP contribution in [0.2, 0.25) is 5.02 Å². The van der Waals surface area contributed by atoms with Gasteiger partial charge in [-0.05, 0) is 61.5 Å². The molecule has 4 aromatic rings. The Morgan fingerprint density at radius 2 is 1.82 bits per heavy atom. The van der Waals surface area contributed by atoms with E-state index in [4.69, 9.17) is 30.2 Å². The minimum atomic E-state index is -0.391. The summed E-state index contributed by atoms with van der Waals surface area (Å²) in [6.45, 7) is 2.90. The monoisotopic (exact) mass is 467 g/mol. The van der Waals surface area contributed by atoms with E-state index in [9.17, 15) is 4.79 Å². The van der Waals surface area contributed by atoms with Crippen LogP contribution in [0.4, 0.5) is 5.69 Å². The Kier molecular flexibility index (Phi) is 7.16. The van der Waals surface area contributed by atoms with Crippen LogP contribution in [0, 0.1) is 0 Å². The van der Waals surface area contributed by atoms with Crippen LogP contribution >= 0.6 is 11.6 Å². The van der Waals surface area contributed by atoms with E-state index in [0.29, 0.717) is 34.6 Å². The van der Waals surface area contributed by atoms with Crippen LogP contribution in [0.15, 0.2) is 77.5 Å². The van der Waals surface area contributed by atoms with Gasteiger partial charge >= 0.3 is 0 Å². The average molecular weight is 468 g/mol. The van der Waals surface area contributed by atoms with Gasteiger partial charge in [0.1, 0.15) is 29.6 Å². The first kappa shape index (κ1) is 22.3. The Morgan fingerprint density at radius 1 is 1.03 bits per heavy atom. The molecule has 1 N–H and O–H groups in total. The predicted molar refractivity (Wildman–Crippen MR) is 123 cm³/mol. The Labute approximate surface area is 195 Å². The molecule has 0 fully saturated rings. The summed E-state index contributed by atoms with van der Waals surface area (Å²) in [4.78, 5) is 12.5. The Balaban J connectivity index is 1.27. The third-order valence-corrected chi connectivity index (χ3v) is 4.69. The normalized spacial score (nSPS) is 10.6. The number of carbonyl (C=O) groups is 1. The number of carbonyl (C=O) groups excluding carboxylic acids is 1. The lowest BCUT2D eigenvalue weighted by atomic mass is 10.3. The van der Waals surface area contributed by atoms with Gasteiger partial charge in [0.05, 0.1) is 24.7 Å². The number of halogens is 1. The maximum atomic E-state index is 12.5. The van der Waals surface area contributed by atoms with Crippen molar-refractivity contribution in [3.05, 3.63) is 89.6 Å². The van der Waals surface area contributed by atoms with Gasteiger partial charge in [-0.15, -0.1) is 0 Å². The summed E-state index contributed by atoms with van der Waals surface area (Å²) < 4.78 is 23.9. The van der Waals surface area contributed by atoms with E-state index in [2.05, 4.69) is 10.4 Å². The molecule has 8 nitrogen and oxygen atoms in total. The minimum Gasteiger partial charge on any atom is -0.494 e. The fourth-order valence-electron chi connectivity index (χ4n) is 2.92. The number of benzene rings is 2. The molecule has 1 amide bonds. The molecule has 0 aliphatic rings. The molecule has 170 valence electrons. The number of nitrogens with one attached hydrogen (secondary N) is 1. The van der Waals surface area contributed by atoms with Crippen molar-refractivity contribution in [1.82, 2.24) is 9.78 Å². The van der Waals surface area contributed by atoms with Crippen molar-refractivity contribution >= 4 is 23.2 Å². The van der Waals surface area contributed by atoms with Gasteiger partial charge in [-0.3, -0.25) is 4.79 Å². The van der Waals surface area contributed by atoms with Gasteiger partial charge < -0.3 is 23.9 Å². The molecule has 9 heteroatoms. The molecule has 0 aliphatic heterocycles. The van der Waals surface area contributed by atoms with E-state index in [1.165, 1.54) is 6.20 Å². The van der Waals surface area contributed by atoms with Gasteiger partial charge in [-0.2, -0.15) is 5.10 Å². The van der Waals surface area contributed by atoms with E-state index in [1.54, 1.807) is 47.3 Å². The number of amides is 1. The van der Waals surface area contributed by atoms with Crippen molar-refractivity contribution < 1.29 is 23.4 Å². The predicted octanol–water partition coefficient (Wildman–Crippen LogP) is 5.40. The summed E-state index contributed by atoms with van der Waals surface area (Å²) in [6, 6.07) is 17.7. The highest BCUT2D eigenvalue weighted by Gasteiger charge is 2.13. The van der Waals surface area contributed by atoms with E-state index >= 15 is 0 Å². The third kappa shape index (κ3) is 6.30. The van der Waals surface area contributed by atoms with Gasteiger partial charge in [0.25, 0.3) is 5.91 Å². The van der Waals surface area contributed by atoms with Gasteiger partial charge in [-0.25, -0.2) is 4.68 Å². The third-order valence-electron chi connectivity index (χ3n) is 4.45. The quantitative estimate of drug-likeness (QED) is 0.336. The number of furan rings is 1. The molecular formula is C24H22ClN3O5. The maximum Gasteiger partial charge on any atom is 0.291 e. The lowest BCUT2D eigenvalue weighted by molar-refractivity contribution is 0.0992. The second kappa shape index (κ2) is 10.6. The van der Waals surface area contributed by atoms with E-state index in [-0.39, 0.29) is 19.1 Å². The zero-order valence-corrected chi connectivity index (χ0v) is 18.6. The summed E-state index contributed by atoms with van der Waals surface area (Å²) in [5.74, 6) is 2.38. The number of rotatable bonds is 10. The molecule has 0 bridgehead atoms. The van der Waals surface area contributed by atoms with Crippen molar-refractivity contribution in [1.29, 1.82) is 0 Å². The van der Waals surface area contributed by atoms with E-state index < -0.39 is 5.91 Å². The first-order valence-corrected chi connectivity index (χ1v) is 10.6. The number of nitrogens with zero attached hydrogens (tertiary/aromatic N) is 2. The highest BCUT2D eigenvalue weighted by atomic mass is 35.5. The average Bonchev–Trinajstić information content (AvgIpc) is 3.47. The van der Waals surface area contributed by atoms with Crippen LogP contribution in [-0.4, -0.2) is 22.3 Å². The van der Waals surface area contributed by atoms with Crippen LogP contribution in [0.5, 0.6) is 17.2 Å². The Bertz CT molecular complexity index is 1200. The smallest absolute Gasteiger partial charge is 0.291 e. The van der Waals surface area contributed by atoms with Crippen LogP contribution in [0.3, 0.4) is 0 Å². The lowest BCUT2D eigenvalue weighted by Gasteiger charge is -2.06. The molecule has 2 aromatic heterocycles. The summed E-state index contributed by atoms with van der Waals surface area (Å²) in [6.07, 6.45) is 3.18. The topological polar surface area (TPSA) is 87.8 Å². The first-order valence-electron chi connectivity index (χ1n) is 10.3. The SMILES string of the molecule is CCOc1ccc(OCc2ccc(C(=O)Nc3cnn(COc4cccc(Cl)c4)c3)o2)cc1. The molecule has 2 aromatic carbocycles. The molecule has 0 unspecified atom stereocenters. The van der Waals surface area contributed by atoms with Crippen molar-refractivity contribution in [2.75, 3.05) is 11.9 Å². The van der Waals surface area contributed by atoms with E-state index in [0.717, 1.165) is 5.75 Å². The van der Waals surface area contributed by atoms with Gasteiger partial charge in [-0.1, -0.05) is 17.7 Å². The highest BCUT2D eigenvalue weighted by molar-refractivity contribution is 6.30. The molecule has 0 atom stereocenters. The maximum absolute atomic E-state index is 12.5. The van der Waals surface area contributed by atoms with Gasteiger partial charge in [0.15, 0.2) is 12.5 Å². The second-order valence-corrected chi connectivity index (χ2v) is 7.35. The van der Waals surface area contributed by atoms with Gasteiger partial charge in [0.2, 0.25) is 0 Å². The Morgan fingerprint density at radius 3 is 2.58 bits per heavy atom. The molecule has 0 aliphatic carbocycles. The fourth-order valence-corrected chi connectivity index (χ4v) is 3.10. The van der Waals surface area contributed by atoms with Gasteiger partial charge in [0, 0.05) is 5.02 Å². The summed E-state index contributed by atoms with van der Waals surface area (Å²) in [7, 11) is 0.